The lowest BCUT2D eigenvalue weighted by Gasteiger charge is -2.18. The molecule has 1 amide bonds. The SMILES string of the molecule is CCOC(=O)CN(C)c1ccc(OCc2cccc3c2CN(c2ccc(C)cc2)C3=O)cc1. The number of anilines is 2. The van der Waals surface area contributed by atoms with Gasteiger partial charge in [0.1, 0.15) is 18.9 Å². The fourth-order valence-electron chi connectivity index (χ4n) is 3.92. The first-order valence-electron chi connectivity index (χ1n) is 11.0. The number of rotatable bonds is 8. The summed E-state index contributed by atoms with van der Waals surface area (Å²) in [4.78, 5) is 28.3. The van der Waals surface area contributed by atoms with Crippen molar-refractivity contribution in [2.24, 2.45) is 0 Å². The van der Waals surface area contributed by atoms with Crippen LogP contribution in [0, 0.1) is 6.92 Å². The highest BCUT2D eigenvalue weighted by Gasteiger charge is 2.30. The molecule has 0 saturated carbocycles. The lowest BCUT2D eigenvalue weighted by molar-refractivity contribution is -0.141. The summed E-state index contributed by atoms with van der Waals surface area (Å²) in [7, 11) is 1.84. The number of carbonyl (C=O) groups is 2. The van der Waals surface area contributed by atoms with Crippen LogP contribution in [0.25, 0.3) is 0 Å². The number of likely N-dealkylation sites (N-methyl/N-ethyl adjacent to an activating group) is 1. The second-order valence-electron chi connectivity index (χ2n) is 8.11. The molecule has 3 aromatic carbocycles. The summed E-state index contributed by atoms with van der Waals surface area (Å²) in [6.45, 7) is 5.30. The van der Waals surface area contributed by atoms with Gasteiger partial charge in [0.15, 0.2) is 0 Å². The van der Waals surface area contributed by atoms with Crippen LogP contribution in [0.4, 0.5) is 11.4 Å². The van der Waals surface area contributed by atoms with Gasteiger partial charge < -0.3 is 19.3 Å². The largest absolute Gasteiger partial charge is 0.489 e. The Morgan fingerprint density at radius 1 is 1.03 bits per heavy atom. The highest BCUT2D eigenvalue weighted by atomic mass is 16.5. The van der Waals surface area contributed by atoms with Crippen molar-refractivity contribution < 1.29 is 19.1 Å². The van der Waals surface area contributed by atoms with Gasteiger partial charge in [-0.2, -0.15) is 0 Å². The number of hydrogen-bond acceptors (Lipinski definition) is 5. The average Bonchev–Trinajstić information content (AvgIpc) is 3.16. The van der Waals surface area contributed by atoms with Crippen LogP contribution >= 0.6 is 0 Å². The van der Waals surface area contributed by atoms with Crippen molar-refractivity contribution in [3.63, 3.8) is 0 Å². The molecule has 6 nitrogen and oxygen atoms in total. The minimum atomic E-state index is -0.257. The third kappa shape index (κ3) is 5.00. The van der Waals surface area contributed by atoms with E-state index in [-0.39, 0.29) is 18.4 Å². The molecule has 4 rings (SSSR count). The van der Waals surface area contributed by atoms with Gasteiger partial charge in [-0.3, -0.25) is 9.59 Å². The molecule has 0 aromatic heterocycles. The molecule has 3 aromatic rings. The van der Waals surface area contributed by atoms with Crippen LogP contribution in [-0.2, 0) is 22.7 Å². The zero-order valence-electron chi connectivity index (χ0n) is 19.2. The van der Waals surface area contributed by atoms with Gasteiger partial charge in [0.05, 0.1) is 13.2 Å². The summed E-state index contributed by atoms with van der Waals surface area (Å²) in [6.07, 6.45) is 0. The third-order valence-corrected chi connectivity index (χ3v) is 5.75. The minimum absolute atomic E-state index is 0.0182. The van der Waals surface area contributed by atoms with Crippen molar-refractivity contribution in [2.45, 2.75) is 27.0 Å². The van der Waals surface area contributed by atoms with Gasteiger partial charge in [0.2, 0.25) is 0 Å². The van der Waals surface area contributed by atoms with Gasteiger partial charge in [-0.25, -0.2) is 0 Å². The predicted molar refractivity (Wildman–Crippen MR) is 129 cm³/mol. The van der Waals surface area contributed by atoms with E-state index >= 15 is 0 Å². The molecule has 1 heterocycles. The van der Waals surface area contributed by atoms with E-state index in [1.54, 1.807) is 6.92 Å². The van der Waals surface area contributed by atoms with Crippen molar-refractivity contribution in [3.05, 3.63) is 89.0 Å². The molecule has 0 fully saturated rings. The van der Waals surface area contributed by atoms with Gasteiger partial charge in [-0.15, -0.1) is 0 Å². The fourth-order valence-corrected chi connectivity index (χ4v) is 3.92. The number of hydrogen-bond donors (Lipinski definition) is 0. The topological polar surface area (TPSA) is 59.1 Å². The number of esters is 1. The molecule has 1 aliphatic heterocycles. The maximum atomic E-state index is 13.0. The molecule has 0 saturated heterocycles. The van der Waals surface area contributed by atoms with Crippen LogP contribution < -0.4 is 14.5 Å². The summed E-state index contributed by atoms with van der Waals surface area (Å²) in [5.74, 6) is 0.484. The molecule has 33 heavy (non-hydrogen) atoms. The Bertz CT molecular complexity index is 1140. The Morgan fingerprint density at radius 2 is 1.76 bits per heavy atom. The van der Waals surface area contributed by atoms with E-state index in [9.17, 15) is 9.59 Å². The molecule has 0 N–H and O–H groups in total. The molecular formula is C27H28N2O4. The Balaban J connectivity index is 1.42. The summed E-state index contributed by atoms with van der Waals surface area (Å²) in [6, 6.07) is 21.4. The van der Waals surface area contributed by atoms with Gasteiger partial charge in [0.25, 0.3) is 5.91 Å². The van der Waals surface area contributed by atoms with Crippen molar-refractivity contribution >= 4 is 23.3 Å². The van der Waals surface area contributed by atoms with Crippen LogP contribution in [0.15, 0.2) is 66.7 Å². The number of amides is 1. The van der Waals surface area contributed by atoms with Crippen LogP contribution in [0.3, 0.4) is 0 Å². The Labute approximate surface area is 194 Å². The highest BCUT2D eigenvalue weighted by Crippen LogP contribution is 2.31. The third-order valence-electron chi connectivity index (χ3n) is 5.75. The molecule has 0 radical (unpaired) electrons. The lowest BCUT2D eigenvalue weighted by atomic mass is 10.0. The zero-order chi connectivity index (χ0) is 23.4. The van der Waals surface area contributed by atoms with Gasteiger partial charge in [-0.1, -0.05) is 29.8 Å². The quantitative estimate of drug-likeness (QED) is 0.470. The number of ether oxygens (including phenoxy) is 2. The molecule has 6 heteroatoms. The number of aryl methyl sites for hydroxylation is 1. The van der Waals surface area contributed by atoms with Gasteiger partial charge in [-0.05, 0) is 67.4 Å². The first-order valence-corrected chi connectivity index (χ1v) is 11.0. The maximum Gasteiger partial charge on any atom is 0.325 e. The number of nitrogens with zero attached hydrogens (tertiary/aromatic N) is 2. The molecule has 0 aliphatic carbocycles. The highest BCUT2D eigenvalue weighted by molar-refractivity contribution is 6.10. The first-order chi connectivity index (χ1) is 16.0. The van der Waals surface area contributed by atoms with Gasteiger partial charge in [0, 0.05) is 24.0 Å². The minimum Gasteiger partial charge on any atom is -0.489 e. The van der Waals surface area contributed by atoms with Crippen LogP contribution in [0.1, 0.15) is 34.0 Å². The van der Waals surface area contributed by atoms with Crippen molar-refractivity contribution in [1.82, 2.24) is 0 Å². The Hall–Kier alpha value is -3.80. The number of fused-ring (bicyclic) bond motifs is 1. The first kappa shape index (κ1) is 22.4. The van der Waals surface area contributed by atoms with Crippen molar-refractivity contribution in [3.8, 4) is 5.75 Å². The van der Waals surface area contributed by atoms with Crippen LogP contribution in [0.2, 0.25) is 0 Å². The second kappa shape index (κ2) is 9.77. The summed E-state index contributed by atoms with van der Waals surface area (Å²) >= 11 is 0. The lowest BCUT2D eigenvalue weighted by Crippen LogP contribution is -2.26. The summed E-state index contributed by atoms with van der Waals surface area (Å²) in [5, 5.41) is 0. The molecule has 170 valence electrons. The number of carbonyl (C=O) groups excluding carboxylic acids is 2. The van der Waals surface area contributed by atoms with E-state index in [2.05, 4.69) is 0 Å². The summed E-state index contributed by atoms with van der Waals surface area (Å²) < 4.78 is 11.0. The summed E-state index contributed by atoms with van der Waals surface area (Å²) in [5.41, 5.74) is 5.70. The zero-order valence-corrected chi connectivity index (χ0v) is 19.2. The average molecular weight is 445 g/mol. The van der Waals surface area contributed by atoms with E-state index in [0.29, 0.717) is 19.8 Å². The smallest absolute Gasteiger partial charge is 0.325 e. The molecule has 0 atom stereocenters. The van der Waals surface area contributed by atoms with E-state index in [0.717, 1.165) is 39.4 Å². The monoisotopic (exact) mass is 444 g/mol. The van der Waals surface area contributed by atoms with Gasteiger partial charge >= 0.3 is 5.97 Å². The Morgan fingerprint density at radius 3 is 2.45 bits per heavy atom. The number of benzene rings is 3. The maximum absolute atomic E-state index is 13.0. The Kier molecular flexibility index (Phi) is 6.63. The molecule has 0 spiro atoms. The van der Waals surface area contributed by atoms with E-state index in [1.807, 2.05) is 90.5 Å². The molecule has 0 bridgehead atoms. The van der Waals surface area contributed by atoms with E-state index < -0.39 is 0 Å². The normalized spacial score (nSPS) is 12.5. The van der Waals surface area contributed by atoms with Crippen LogP contribution in [-0.4, -0.2) is 32.1 Å². The van der Waals surface area contributed by atoms with Crippen molar-refractivity contribution in [1.29, 1.82) is 0 Å². The van der Waals surface area contributed by atoms with E-state index in [4.69, 9.17) is 9.47 Å². The standard InChI is InChI=1S/C27H28N2O4/c1-4-32-26(30)17-28(3)21-12-14-23(15-13-21)33-18-20-6-5-7-24-25(20)16-29(27(24)31)22-10-8-19(2)9-11-22/h5-15H,4,16-18H2,1-3H3. The van der Waals surface area contributed by atoms with Crippen molar-refractivity contribution in [2.75, 3.05) is 30.0 Å². The molecular weight excluding hydrogens is 416 g/mol. The predicted octanol–water partition coefficient (Wildman–Crippen LogP) is 4.73. The molecule has 1 aliphatic rings. The van der Waals surface area contributed by atoms with E-state index in [1.165, 1.54) is 0 Å². The fraction of sp³-hybridized carbons (Fsp3) is 0.259. The molecule has 0 unspecified atom stereocenters. The van der Waals surface area contributed by atoms with Crippen LogP contribution in [0.5, 0.6) is 5.75 Å². The second-order valence-corrected chi connectivity index (χ2v) is 8.11.